The number of ether oxygens (including phenoxy) is 1. The quantitative estimate of drug-likeness (QED) is 0.813. The number of nitrogens with two attached hydrogens (primary N) is 1. The Labute approximate surface area is 96.2 Å². The minimum atomic E-state index is -2.54. The lowest BCUT2D eigenvalue weighted by Crippen LogP contribution is -2.11. The van der Waals surface area contributed by atoms with Crippen LogP contribution in [0.2, 0.25) is 0 Å². The Bertz CT molecular complexity index is 384. The normalized spacial score (nSPS) is 10.8. The van der Waals surface area contributed by atoms with E-state index in [9.17, 15) is 13.2 Å². The van der Waals surface area contributed by atoms with Gasteiger partial charge in [-0.3, -0.25) is 0 Å². The molecule has 0 aliphatic carbocycles. The lowest BCUT2D eigenvalue weighted by atomic mass is 10.1. The van der Waals surface area contributed by atoms with Crippen LogP contribution in [0.25, 0.3) is 0 Å². The first kappa shape index (κ1) is 12.9. The zero-order chi connectivity index (χ0) is 12.1. The summed E-state index contributed by atoms with van der Waals surface area (Å²) in [6.45, 7) is -0.781. The molecule has 1 rings (SSSR count). The molecule has 0 fully saturated rings. The summed E-state index contributed by atoms with van der Waals surface area (Å²) in [6.07, 6.45) is -2.54. The summed E-state index contributed by atoms with van der Waals surface area (Å²) >= 11 is 4.69. The van der Waals surface area contributed by atoms with Crippen LogP contribution < -0.4 is 5.73 Å². The number of hydrogen-bond acceptors (Lipinski definition) is 2. The minimum Gasteiger partial charge on any atom is -0.389 e. The van der Waals surface area contributed by atoms with Gasteiger partial charge in [-0.15, -0.1) is 0 Å². The molecular formula is C10H10F3NOS. The van der Waals surface area contributed by atoms with Gasteiger partial charge in [-0.1, -0.05) is 12.2 Å². The van der Waals surface area contributed by atoms with Gasteiger partial charge >= 0.3 is 0 Å². The SMILES string of the molecule is NC(=S)c1cc(F)cc(COCC(F)F)c1. The topological polar surface area (TPSA) is 35.2 Å². The van der Waals surface area contributed by atoms with E-state index in [0.29, 0.717) is 11.1 Å². The summed E-state index contributed by atoms with van der Waals surface area (Å²) in [5.74, 6) is -0.527. The molecule has 1 aromatic carbocycles. The second-order valence-electron chi connectivity index (χ2n) is 3.12. The molecule has 0 heterocycles. The van der Waals surface area contributed by atoms with Crippen molar-refractivity contribution >= 4 is 17.2 Å². The third-order valence-electron chi connectivity index (χ3n) is 1.75. The van der Waals surface area contributed by atoms with Gasteiger partial charge in [0.15, 0.2) is 0 Å². The maximum atomic E-state index is 13.1. The molecule has 88 valence electrons. The summed E-state index contributed by atoms with van der Waals surface area (Å²) in [7, 11) is 0. The van der Waals surface area contributed by atoms with Crippen LogP contribution in [0.15, 0.2) is 18.2 Å². The van der Waals surface area contributed by atoms with Crippen LogP contribution in [-0.2, 0) is 11.3 Å². The Morgan fingerprint density at radius 2 is 2.06 bits per heavy atom. The lowest BCUT2D eigenvalue weighted by molar-refractivity contribution is 0.00982. The first-order valence-corrected chi connectivity index (χ1v) is 4.85. The molecule has 0 spiro atoms. The first-order valence-electron chi connectivity index (χ1n) is 4.44. The average Bonchev–Trinajstić information content (AvgIpc) is 2.16. The van der Waals surface area contributed by atoms with E-state index in [0.717, 1.165) is 0 Å². The van der Waals surface area contributed by atoms with Gasteiger partial charge in [0, 0.05) is 5.56 Å². The summed E-state index contributed by atoms with van der Waals surface area (Å²) in [5.41, 5.74) is 6.10. The Hall–Kier alpha value is -1.14. The van der Waals surface area contributed by atoms with E-state index in [1.807, 2.05) is 0 Å². The van der Waals surface area contributed by atoms with E-state index in [-0.39, 0.29) is 11.6 Å². The van der Waals surface area contributed by atoms with Crippen LogP contribution in [0, 0.1) is 5.82 Å². The Morgan fingerprint density at radius 1 is 1.38 bits per heavy atom. The predicted octanol–water partition coefficient (Wildman–Crippen LogP) is 2.24. The van der Waals surface area contributed by atoms with Gasteiger partial charge in [0.25, 0.3) is 6.43 Å². The third-order valence-corrected chi connectivity index (χ3v) is 1.99. The Balaban J connectivity index is 2.69. The standard InChI is InChI=1S/C10H10F3NOS/c11-8-2-6(4-15-5-9(12)13)1-7(3-8)10(14)16/h1-3,9H,4-5H2,(H2,14,16). The van der Waals surface area contributed by atoms with E-state index in [2.05, 4.69) is 17.0 Å². The van der Waals surface area contributed by atoms with Crippen molar-refractivity contribution in [2.75, 3.05) is 6.61 Å². The van der Waals surface area contributed by atoms with Crippen molar-refractivity contribution in [3.05, 3.63) is 35.1 Å². The van der Waals surface area contributed by atoms with Crippen molar-refractivity contribution in [2.45, 2.75) is 13.0 Å². The Kier molecular flexibility index (Phi) is 4.70. The van der Waals surface area contributed by atoms with Crippen LogP contribution in [0.1, 0.15) is 11.1 Å². The fourth-order valence-electron chi connectivity index (χ4n) is 1.14. The molecule has 0 aromatic heterocycles. The van der Waals surface area contributed by atoms with E-state index < -0.39 is 18.8 Å². The van der Waals surface area contributed by atoms with Crippen molar-refractivity contribution < 1.29 is 17.9 Å². The van der Waals surface area contributed by atoms with Gasteiger partial charge in [0.2, 0.25) is 0 Å². The molecule has 0 saturated heterocycles. The maximum absolute atomic E-state index is 13.1. The molecule has 0 saturated carbocycles. The van der Waals surface area contributed by atoms with Crippen LogP contribution in [-0.4, -0.2) is 18.0 Å². The summed E-state index contributed by atoms with van der Waals surface area (Å²) in [6, 6.07) is 3.88. The molecule has 2 N–H and O–H groups in total. The second-order valence-corrected chi connectivity index (χ2v) is 3.56. The van der Waals surface area contributed by atoms with Gasteiger partial charge in [0.1, 0.15) is 17.4 Å². The fraction of sp³-hybridized carbons (Fsp3) is 0.300. The maximum Gasteiger partial charge on any atom is 0.261 e. The Morgan fingerprint density at radius 3 is 2.62 bits per heavy atom. The van der Waals surface area contributed by atoms with Crippen molar-refractivity contribution in [3.8, 4) is 0 Å². The zero-order valence-corrected chi connectivity index (χ0v) is 9.07. The molecule has 0 amide bonds. The number of alkyl halides is 2. The fourth-order valence-corrected chi connectivity index (χ4v) is 1.26. The van der Waals surface area contributed by atoms with Gasteiger partial charge in [0.05, 0.1) is 6.61 Å². The number of thiocarbonyl (C=S) groups is 1. The molecule has 6 heteroatoms. The van der Waals surface area contributed by atoms with E-state index in [4.69, 9.17) is 5.73 Å². The number of halogens is 3. The van der Waals surface area contributed by atoms with Crippen molar-refractivity contribution in [2.24, 2.45) is 5.73 Å². The molecule has 1 aromatic rings. The first-order chi connectivity index (χ1) is 7.49. The van der Waals surface area contributed by atoms with Crippen LogP contribution in [0.3, 0.4) is 0 Å². The molecule has 0 aliphatic heterocycles. The highest BCUT2D eigenvalue weighted by Gasteiger charge is 2.05. The highest BCUT2D eigenvalue weighted by atomic mass is 32.1. The summed E-state index contributed by atoms with van der Waals surface area (Å²) in [4.78, 5) is 0.0506. The predicted molar refractivity (Wildman–Crippen MR) is 57.9 cm³/mol. The second kappa shape index (κ2) is 5.81. The van der Waals surface area contributed by atoms with Crippen LogP contribution in [0.5, 0.6) is 0 Å². The van der Waals surface area contributed by atoms with Gasteiger partial charge in [-0.25, -0.2) is 13.2 Å². The highest BCUT2D eigenvalue weighted by molar-refractivity contribution is 7.80. The molecule has 0 bridgehead atoms. The molecule has 16 heavy (non-hydrogen) atoms. The molecule has 0 aliphatic rings. The summed E-state index contributed by atoms with van der Waals surface area (Å²) < 4.78 is 41.3. The number of rotatable bonds is 5. The van der Waals surface area contributed by atoms with Gasteiger partial charge < -0.3 is 10.5 Å². The molecule has 0 radical (unpaired) electrons. The van der Waals surface area contributed by atoms with Crippen LogP contribution in [0.4, 0.5) is 13.2 Å². The highest BCUT2D eigenvalue weighted by Crippen LogP contribution is 2.11. The van der Waals surface area contributed by atoms with Gasteiger partial charge in [-0.2, -0.15) is 0 Å². The molecule has 2 nitrogen and oxygen atoms in total. The molecule has 0 unspecified atom stereocenters. The number of benzene rings is 1. The van der Waals surface area contributed by atoms with E-state index in [1.54, 1.807) is 0 Å². The number of hydrogen-bond donors (Lipinski definition) is 1. The molecular weight excluding hydrogens is 239 g/mol. The van der Waals surface area contributed by atoms with E-state index in [1.165, 1.54) is 18.2 Å². The average molecular weight is 249 g/mol. The third kappa shape index (κ3) is 4.16. The lowest BCUT2D eigenvalue weighted by Gasteiger charge is -2.06. The minimum absolute atomic E-state index is 0.0506. The van der Waals surface area contributed by atoms with Crippen molar-refractivity contribution in [1.29, 1.82) is 0 Å². The summed E-state index contributed by atoms with van der Waals surface area (Å²) in [5, 5.41) is 0. The largest absolute Gasteiger partial charge is 0.389 e. The van der Waals surface area contributed by atoms with Crippen molar-refractivity contribution in [3.63, 3.8) is 0 Å². The van der Waals surface area contributed by atoms with Crippen LogP contribution >= 0.6 is 12.2 Å². The smallest absolute Gasteiger partial charge is 0.261 e. The zero-order valence-electron chi connectivity index (χ0n) is 8.25. The monoisotopic (exact) mass is 249 g/mol. The molecule has 0 atom stereocenters. The van der Waals surface area contributed by atoms with Gasteiger partial charge in [-0.05, 0) is 23.8 Å². The van der Waals surface area contributed by atoms with E-state index >= 15 is 0 Å². The van der Waals surface area contributed by atoms with Crippen molar-refractivity contribution in [1.82, 2.24) is 0 Å².